The van der Waals surface area contributed by atoms with E-state index >= 15 is 0 Å². The van der Waals surface area contributed by atoms with Crippen LogP contribution in [-0.4, -0.2) is 39.1 Å². The van der Waals surface area contributed by atoms with Crippen molar-refractivity contribution < 1.29 is 13.7 Å². The van der Waals surface area contributed by atoms with Crippen LogP contribution in [0.2, 0.25) is 0 Å². The molecule has 0 aliphatic carbocycles. The van der Waals surface area contributed by atoms with E-state index in [1.165, 1.54) is 0 Å². The van der Waals surface area contributed by atoms with E-state index in [-0.39, 0.29) is 11.3 Å². The Labute approximate surface area is 167 Å². The Morgan fingerprint density at radius 3 is 2.23 bits per heavy atom. The Balaban J connectivity index is 2.19. The van der Waals surface area contributed by atoms with Crippen molar-refractivity contribution in [2.45, 2.75) is 63.9 Å². The zero-order valence-corrected chi connectivity index (χ0v) is 18.6. The molecule has 2 rings (SSSR count). The van der Waals surface area contributed by atoms with Gasteiger partial charge in [0, 0.05) is 22.8 Å². The molecule has 1 aromatic carbocycles. The summed E-state index contributed by atoms with van der Waals surface area (Å²) in [7, 11) is -1.15. The molecule has 0 saturated carbocycles. The van der Waals surface area contributed by atoms with Crippen LogP contribution in [0.3, 0.4) is 0 Å². The molecular weight excluding hydrogens is 416 g/mol. The van der Waals surface area contributed by atoms with E-state index < -0.39 is 22.1 Å². The zero-order chi connectivity index (χ0) is 19.5. The van der Waals surface area contributed by atoms with Crippen LogP contribution in [0.1, 0.15) is 53.0 Å². The molecular formula is C19H29BrN2O3S. The third-order valence-corrected chi connectivity index (χ3v) is 6.37. The number of likely N-dealkylation sites (tertiary alicyclic amines) is 1. The van der Waals surface area contributed by atoms with Crippen LogP contribution >= 0.6 is 15.9 Å². The third kappa shape index (κ3) is 5.54. The second-order valence-electron chi connectivity index (χ2n) is 8.00. The van der Waals surface area contributed by atoms with Crippen LogP contribution in [-0.2, 0) is 21.3 Å². The first-order valence-corrected chi connectivity index (χ1v) is 11.0. The van der Waals surface area contributed by atoms with E-state index in [0.717, 1.165) is 10.0 Å². The molecule has 1 N–H and O–H groups in total. The van der Waals surface area contributed by atoms with Crippen LogP contribution in [0.25, 0.3) is 0 Å². The number of piperidine rings is 1. The number of halogens is 1. The van der Waals surface area contributed by atoms with E-state index in [9.17, 15) is 9.00 Å². The Morgan fingerprint density at radius 2 is 1.77 bits per heavy atom. The average molecular weight is 445 g/mol. The lowest BCUT2D eigenvalue weighted by Gasteiger charge is -2.43. The second-order valence-corrected chi connectivity index (χ2v) is 10.7. The predicted octanol–water partition coefficient (Wildman–Crippen LogP) is 4.34. The van der Waals surface area contributed by atoms with Gasteiger partial charge < -0.3 is 9.64 Å². The van der Waals surface area contributed by atoms with Gasteiger partial charge in [-0.15, -0.1) is 0 Å². The minimum atomic E-state index is -1.15. The molecule has 1 aliphatic rings. The standard InChI is InChI=1S/C19H29BrN2O3S/c1-14(2)26(24)21-19(15-6-8-16(20)9-7-15)10-12-22(13-11-19)17(23)25-18(3,4)5/h6-9,14,21H,10-13H2,1-5H3. The molecule has 0 aromatic heterocycles. The van der Waals surface area contributed by atoms with Crippen molar-refractivity contribution in [2.24, 2.45) is 0 Å². The van der Waals surface area contributed by atoms with Crippen LogP contribution < -0.4 is 4.72 Å². The van der Waals surface area contributed by atoms with Crippen LogP contribution in [0.5, 0.6) is 0 Å². The Hall–Kier alpha value is -0.920. The molecule has 1 aliphatic heterocycles. The fourth-order valence-corrected chi connectivity index (χ4v) is 4.13. The summed E-state index contributed by atoms with van der Waals surface area (Å²) >= 11 is 3.47. The molecule has 0 radical (unpaired) electrons. The monoisotopic (exact) mass is 444 g/mol. The number of nitrogens with one attached hydrogen (secondary N) is 1. The molecule has 1 fully saturated rings. The van der Waals surface area contributed by atoms with E-state index in [0.29, 0.717) is 25.9 Å². The summed E-state index contributed by atoms with van der Waals surface area (Å²) in [5.41, 5.74) is 0.182. The second kappa shape index (κ2) is 8.40. The molecule has 1 heterocycles. The average Bonchev–Trinajstić information content (AvgIpc) is 2.54. The van der Waals surface area contributed by atoms with E-state index in [1.54, 1.807) is 4.90 Å². The van der Waals surface area contributed by atoms with Gasteiger partial charge in [0.25, 0.3) is 0 Å². The molecule has 1 amide bonds. The maximum Gasteiger partial charge on any atom is 0.410 e. The molecule has 7 heteroatoms. The number of hydrogen-bond acceptors (Lipinski definition) is 3. The quantitative estimate of drug-likeness (QED) is 0.750. The van der Waals surface area contributed by atoms with Gasteiger partial charge in [0.05, 0.1) is 16.5 Å². The predicted molar refractivity (Wildman–Crippen MR) is 109 cm³/mol. The van der Waals surface area contributed by atoms with Crippen molar-refractivity contribution in [3.8, 4) is 0 Å². The van der Waals surface area contributed by atoms with Crippen molar-refractivity contribution in [1.29, 1.82) is 0 Å². The van der Waals surface area contributed by atoms with Gasteiger partial charge in [-0.1, -0.05) is 28.1 Å². The summed E-state index contributed by atoms with van der Waals surface area (Å²) in [6.07, 6.45) is 1.09. The van der Waals surface area contributed by atoms with Gasteiger partial charge in [-0.25, -0.2) is 13.7 Å². The first-order chi connectivity index (χ1) is 12.0. The van der Waals surface area contributed by atoms with Crippen LogP contribution in [0, 0.1) is 0 Å². The highest BCUT2D eigenvalue weighted by Crippen LogP contribution is 2.35. The molecule has 0 spiro atoms. The lowest BCUT2D eigenvalue weighted by Crippen LogP contribution is -2.54. The van der Waals surface area contributed by atoms with Crippen molar-refractivity contribution in [3.05, 3.63) is 34.3 Å². The van der Waals surface area contributed by atoms with Crippen molar-refractivity contribution >= 4 is 33.0 Å². The fraction of sp³-hybridized carbons (Fsp3) is 0.632. The third-order valence-electron chi connectivity index (χ3n) is 4.39. The highest BCUT2D eigenvalue weighted by molar-refractivity contribution is 9.10. The first kappa shape index (κ1) is 21.4. The molecule has 0 bridgehead atoms. The summed E-state index contributed by atoms with van der Waals surface area (Å²) in [5.74, 6) is 0. The van der Waals surface area contributed by atoms with Gasteiger partial charge >= 0.3 is 6.09 Å². The lowest BCUT2D eigenvalue weighted by molar-refractivity contribution is 0.0158. The number of ether oxygens (including phenoxy) is 1. The maximum absolute atomic E-state index is 12.5. The topological polar surface area (TPSA) is 58.6 Å². The maximum atomic E-state index is 12.5. The Kier molecular flexibility index (Phi) is 6.91. The SMILES string of the molecule is CC(C)S(=O)NC1(c2ccc(Br)cc2)CCN(C(=O)OC(C)(C)C)CC1. The molecule has 1 atom stereocenters. The van der Waals surface area contributed by atoms with Gasteiger partial charge in [-0.3, -0.25) is 0 Å². The number of benzene rings is 1. The molecule has 26 heavy (non-hydrogen) atoms. The molecule has 1 saturated heterocycles. The van der Waals surface area contributed by atoms with Crippen molar-refractivity contribution in [1.82, 2.24) is 9.62 Å². The van der Waals surface area contributed by atoms with Crippen molar-refractivity contribution in [2.75, 3.05) is 13.1 Å². The van der Waals surface area contributed by atoms with Crippen molar-refractivity contribution in [3.63, 3.8) is 0 Å². The molecule has 5 nitrogen and oxygen atoms in total. The van der Waals surface area contributed by atoms with Crippen LogP contribution in [0.15, 0.2) is 28.7 Å². The number of carbonyl (C=O) groups excluding carboxylic acids is 1. The minimum Gasteiger partial charge on any atom is -0.444 e. The summed E-state index contributed by atoms with van der Waals surface area (Å²) in [6, 6.07) is 8.10. The van der Waals surface area contributed by atoms with Gasteiger partial charge in [-0.05, 0) is 65.2 Å². The number of hydrogen-bond donors (Lipinski definition) is 1. The van der Waals surface area contributed by atoms with E-state index in [2.05, 4.69) is 32.8 Å². The number of amides is 1. The lowest BCUT2D eigenvalue weighted by atomic mass is 9.82. The van der Waals surface area contributed by atoms with E-state index in [4.69, 9.17) is 4.74 Å². The van der Waals surface area contributed by atoms with E-state index in [1.807, 2.05) is 46.8 Å². The highest BCUT2D eigenvalue weighted by Gasteiger charge is 2.39. The largest absolute Gasteiger partial charge is 0.444 e. The smallest absolute Gasteiger partial charge is 0.410 e. The summed E-state index contributed by atoms with van der Waals surface area (Å²) in [4.78, 5) is 14.1. The molecule has 146 valence electrons. The van der Waals surface area contributed by atoms with Gasteiger partial charge in [0.1, 0.15) is 5.60 Å². The molecule has 1 aromatic rings. The first-order valence-electron chi connectivity index (χ1n) is 8.95. The highest BCUT2D eigenvalue weighted by atomic mass is 79.9. The molecule has 1 unspecified atom stereocenters. The van der Waals surface area contributed by atoms with Gasteiger partial charge in [0.2, 0.25) is 0 Å². The Morgan fingerprint density at radius 1 is 1.23 bits per heavy atom. The minimum absolute atomic E-state index is 0.0196. The number of carbonyl (C=O) groups is 1. The number of rotatable bonds is 4. The summed E-state index contributed by atoms with van der Waals surface area (Å²) in [5, 5.41) is 0.0196. The van der Waals surface area contributed by atoms with Gasteiger partial charge in [-0.2, -0.15) is 0 Å². The van der Waals surface area contributed by atoms with Gasteiger partial charge in [0.15, 0.2) is 0 Å². The number of nitrogens with zero attached hydrogens (tertiary/aromatic N) is 1. The van der Waals surface area contributed by atoms with Crippen LogP contribution in [0.4, 0.5) is 4.79 Å². The Bertz CT molecular complexity index is 648. The summed E-state index contributed by atoms with van der Waals surface area (Å²) in [6.45, 7) is 10.6. The fourth-order valence-electron chi connectivity index (χ4n) is 2.93. The summed E-state index contributed by atoms with van der Waals surface area (Å²) < 4.78 is 22.4. The zero-order valence-electron chi connectivity index (χ0n) is 16.2. The normalized spacial score (nSPS) is 18.7.